The van der Waals surface area contributed by atoms with Crippen molar-refractivity contribution in [3.8, 4) is 0 Å². The van der Waals surface area contributed by atoms with Gasteiger partial charge in [0.15, 0.2) is 0 Å². The third-order valence-electron chi connectivity index (χ3n) is 1.06. The summed E-state index contributed by atoms with van der Waals surface area (Å²) in [7, 11) is 0. The van der Waals surface area contributed by atoms with Crippen LogP contribution in [0.15, 0.2) is 0 Å². The Balaban J connectivity index is 4.33. The molecule has 0 aliphatic rings. The minimum atomic E-state index is -1.28. The number of amides is 2. The first-order valence-electron chi connectivity index (χ1n) is 3.93. The maximum absolute atomic E-state index is 11.1. The number of aliphatic carboxylic acids is 1. The maximum Gasteiger partial charge on any atom is 0.417 e. The van der Waals surface area contributed by atoms with Crippen LogP contribution in [0, 0.1) is 0 Å². The van der Waals surface area contributed by atoms with E-state index in [0.29, 0.717) is 4.90 Å². The Kier molecular flexibility index (Phi) is 4.07. The molecule has 0 aromatic rings. The van der Waals surface area contributed by atoms with Crippen LogP contribution < -0.4 is 0 Å². The lowest BCUT2D eigenvalue weighted by Crippen LogP contribution is -2.38. The summed E-state index contributed by atoms with van der Waals surface area (Å²) in [5.74, 6) is -1.28. The van der Waals surface area contributed by atoms with Crippen molar-refractivity contribution in [1.82, 2.24) is 4.90 Å². The molecule has 14 heavy (non-hydrogen) atoms. The number of carboxylic acid groups (broad SMARTS) is 1. The number of carboxylic acids is 1. The van der Waals surface area contributed by atoms with Gasteiger partial charge in [0.25, 0.3) is 0 Å². The summed E-state index contributed by atoms with van der Waals surface area (Å²) in [5, 5.41) is 8.35. The minimum Gasteiger partial charge on any atom is -0.480 e. The molecule has 0 aromatic heterocycles. The quantitative estimate of drug-likeness (QED) is 0.674. The molecule has 6 nitrogen and oxygen atoms in total. The van der Waals surface area contributed by atoms with E-state index in [4.69, 9.17) is 9.84 Å². The zero-order chi connectivity index (χ0) is 11.4. The Morgan fingerprint density at radius 1 is 1.43 bits per heavy atom. The van der Waals surface area contributed by atoms with Crippen LogP contribution >= 0.6 is 0 Å². The van der Waals surface area contributed by atoms with Gasteiger partial charge in [0.2, 0.25) is 6.41 Å². The average molecular weight is 203 g/mol. The summed E-state index contributed by atoms with van der Waals surface area (Å²) in [5.41, 5.74) is -0.753. The number of ether oxygens (including phenoxy) is 1. The molecule has 0 saturated carbocycles. The molecular formula is C8H13NO5. The Morgan fingerprint density at radius 3 is 2.21 bits per heavy atom. The number of imide groups is 1. The van der Waals surface area contributed by atoms with E-state index in [1.165, 1.54) is 0 Å². The predicted octanol–water partition coefficient (Wildman–Crippen LogP) is 0.465. The van der Waals surface area contributed by atoms with Gasteiger partial charge in [-0.15, -0.1) is 0 Å². The lowest BCUT2D eigenvalue weighted by molar-refractivity contribution is -0.140. The zero-order valence-corrected chi connectivity index (χ0v) is 8.31. The molecule has 0 saturated heterocycles. The summed E-state index contributed by atoms with van der Waals surface area (Å²) < 4.78 is 4.78. The van der Waals surface area contributed by atoms with Crippen molar-refractivity contribution in [1.29, 1.82) is 0 Å². The topological polar surface area (TPSA) is 83.9 Å². The van der Waals surface area contributed by atoms with E-state index in [0.717, 1.165) is 0 Å². The minimum absolute atomic E-state index is 0.127. The van der Waals surface area contributed by atoms with Gasteiger partial charge in [-0.05, 0) is 20.8 Å². The Morgan fingerprint density at radius 2 is 1.93 bits per heavy atom. The lowest BCUT2D eigenvalue weighted by atomic mass is 10.2. The summed E-state index contributed by atoms with van der Waals surface area (Å²) in [6.07, 6.45) is -0.836. The van der Waals surface area contributed by atoms with E-state index in [-0.39, 0.29) is 6.41 Å². The first-order chi connectivity index (χ1) is 6.26. The first-order valence-corrected chi connectivity index (χ1v) is 3.93. The highest BCUT2D eigenvalue weighted by molar-refractivity contribution is 5.85. The van der Waals surface area contributed by atoms with Crippen LogP contribution in [0.25, 0.3) is 0 Å². The van der Waals surface area contributed by atoms with E-state index in [9.17, 15) is 14.4 Å². The standard InChI is InChI=1S/C8H13NO5/c1-8(2,3)14-7(13)9(5-10)4-6(11)12/h5H,4H2,1-3H3,(H,11,12). The summed E-state index contributed by atoms with van der Waals surface area (Å²) in [6.45, 7) is 4.16. The number of rotatable bonds is 3. The summed E-state index contributed by atoms with van der Waals surface area (Å²) in [4.78, 5) is 32.1. The SMILES string of the molecule is CC(C)(C)OC(=O)N(C=O)CC(=O)O. The molecule has 0 radical (unpaired) electrons. The third-order valence-corrected chi connectivity index (χ3v) is 1.06. The highest BCUT2D eigenvalue weighted by Gasteiger charge is 2.23. The third kappa shape index (κ3) is 5.13. The molecule has 2 amide bonds. The van der Waals surface area contributed by atoms with Gasteiger partial charge < -0.3 is 9.84 Å². The summed E-state index contributed by atoms with van der Waals surface area (Å²) in [6, 6.07) is 0. The van der Waals surface area contributed by atoms with Gasteiger partial charge >= 0.3 is 12.1 Å². The van der Waals surface area contributed by atoms with Crippen LogP contribution in [0.5, 0.6) is 0 Å². The Labute approximate surface area is 81.4 Å². The lowest BCUT2D eigenvalue weighted by Gasteiger charge is -2.22. The highest BCUT2D eigenvalue weighted by Crippen LogP contribution is 2.08. The largest absolute Gasteiger partial charge is 0.480 e. The average Bonchev–Trinajstić information content (AvgIpc) is 1.96. The van der Waals surface area contributed by atoms with E-state index < -0.39 is 24.2 Å². The van der Waals surface area contributed by atoms with E-state index in [2.05, 4.69) is 0 Å². The van der Waals surface area contributed by atoms with E-state index in [1.54, 1.807) is 20.8 Å². The van der Waals surface area contributed by atoms with Gasteiger partial charge in [-0.3, -0.25) is 9.59 Å². The Bertz CT molecular complexity index is 243. The van der Waals surface area contributed by atoms with Crippen LogP contribution in [-0.2, 0) is 14.3 Å². The van der Waals surface area contributed by atoms with Gasteiger partial charge in [-0.1, -0.05) is 0 Å². The number of hydrogen-bond donors (Lipinski definition) is 1. The zero-order valence-electron chi connectivity index (χ0n) is 8.31. The van der Waals surface area contributed by atoms with E-state index in [1.807, 2.05) is 0 Å². The molecule has 0 heterocycles. The molecule has 6 heteroatoms. The molecule has 1 N–H and O–H groups in total. The second kappa shape index (κ2) is 4.59. The highest BCUT2D eigenvalue weighted by atomic mass is 16.6. The van der Waals surface area contributed by atoms with Gasteiger partial charge in [0.05, 0.1) is 0 Å². The van der Waals surface area contributed by atoms with Gasteiger partial charge in [-0.25, -0.2) is 9.69 Å². The number of carbonyl (C=O) groups excluding carboxylic acids is 2. The smallest absolute Gasteiger partial charge is 0.417 e. The van der Waals surface area contributed by atoms with Crippen LogP contribution in [0.4, 0.5) is 4.79 Å². The van der Waals surface area contributed by atoms with Crippen molar-refractivity contribution in [2.45, 2.75) is 26.4 Å². The molecule has 80 valence electrons. The van der Waals surface area contributed by atoms with Gasteiger partial charge in [-0.2, -0.15) is 0 Å². The van der Waals surface area contributed by atoms with Crippen LogP contribution in [0.1, 0.15) is 20.8 Å². The van der Waals surface area contributed by atoms with Crippen LogP contribution in [0.2, 0.25) is 0 Å². The Hall–Kier alpha value is -1.59. The first kappa shape index (κ1) is 12.4. The number of hydrogen-bond acceptors (Lipinski definition) is 4. The fourth-order valence-electron chi connectivity index (χ4n) is 0.611. The van der Waals surface area contributed by atoms with Crippen LogP contribution in [0.3, 0.4) is 0 Å². The molecule has 0 aliphatic carbocycles. The van der Waals surface area contributed by atoms with Crippen molar-refractivity contribution in [3.05, 3.63) is 0 Å². The molecule has 0 aromatic carbocycles. The molecular weight excluding hydrogens is 190 g/mol. The molecule has 0 rings (SSSR count). The van der Waals surface area contributed by atoms with Crippen molar-refractivity contribution in [2.24, 2.45) is 0 Å². The second-order valence-electron chi connectivity index (χ2n) is 3.61. The number of nitrogens with zero attached hydrogens (tertiary/aromatic N) is 1. The molecule has 0 spiro atoms. The molecule has 0 fully saturated rings. The van der Waals surface area contributed by atoms with Crippen molar-refractivity contribution < 1.29 is 24.2 Å². The van der Waals surface area contributed by atoms with Crippen molar-refractivity contribution >= 4 is 18.5 Å². The van der Waals surface area contributed by atoms with Crippen molar-refractivity contribution in [2.75, 3.05) is 6.54 Å². The molecule has 0 unspecified atom stereocenters. The normalized spacial score (nSPS) is 10.5. The maximum atomic E-state index is 11.1. The fourth-order valence-corrected chi connectivity index (χ4v) is 0.611. The molecule has 0 atom stereocenters. The number of carbonyl (C=O) groups is 3. The van der Waals surface area contributed by atoms with Crippen molar-refractivity contribution in [3.63, 3.8) is 0 Å². The molecule has 0 aliphatic heterocycles. The van der Waals surface area contributed by atoms with Crippen LogP contribution in [-0.4, -0.2) is 40.6 Å². The molecule has 0 bridgehead atoms. The predicted molar refractivity (Wildman–Crippen MR) is 46.6 cm³/mol. The fraction of sp³-hybridized carbons (Fsp3) is 0.625. The second-order valence-corrected chi connectivity index (χ2v) is 3.61. The van der Waals surface area contributed by atoms with E-state index >= 15 is 0 Å². The summed E-state index contributed by atoms with van der Waals surface area (Å²) >= 11 is 0. The van der Waals surface area contributed by atoms with Gasteiger partial charge in [0.1, 0.15) is 12.1 Å². The monoisotopic (exact) mass is 203 g/mol. The van der Waals surface area contributed by atoms with Gasteiger partial charge in [0, 0.05) is 0 Å².